The first-order chi connectivity index (χ1) is 14.5. The van der Waals surface area contributed by atoms with Crippen LogP contribution in [0.4, 0.5) is 0 Å². The highest BCUT2D eigenvalue weighted by atomic mass is 32.1. The Balaban J connectivity index is 1.53. The molecule has 4 rings (SSSR count). The lowest BCUT2D eigenvalue weighted by Crippen LogP contribution is -2.42. The van der Waals surface area contributed by atoms with Crippen molar-refractivity contribution in [2.24, 2.45) is 0 Å². The van der Waals surface area contributed by atoms with Gasteiger partial charge in [-0.15, -0.1) is 22.7 Å². The molecule has 1 atom stereocenters. The summed E-state index contributed by atoms with van der Waals surface area (Å²) in [5.41, 5.74) is 3.35. The predicted molar refractivity (Wildman–Crippen MR) is 117 cm³/mol. The summed E-state index contributed by atoms with van der Waals surface area (Å²) in [6.07, 6.45) is 0.550. The van der Waals surface area contributed by atoms with Crippen molar-refractivity contribution in [3.63, 3.8) is 0 Å². The Hall–Kier alpha value is -2.49. The van der Waals surface area contributed by atoms with Gasteiger partial charge in [-0.1, -0.05) is 0 Å². The van der Waals surface area contributed by atoms with Gasteiger partial charge in [-0.25, -0.2) is 4.98 Å². The molecule has 0 unspecified atom stereocenters. The van der Waals surface area contributed by atoms with E-state index in [1.807, 2.05) is 32.0 Å². The number of thiophene rings is 1. The van der Waals surface area contributed by atoms with E-state index in [0.717, 1.165) is 25.5 Å². The molecule has 2 aromatic heterocycles. The normalized spacial score (nSPS) is 16.4. The fourth-order valence-corrected chi connectivity index (χ4v) is 5.36. The van der Waals surface area contributed by atoms with Crippen LogP contribution in [0, 0.1) is 13.8 Å². The number of aliphatic hydroxyl groups is 1. The Kier molecular flexibility index (Phi) is 6.03. The molecule has 0 radical (unpaired) electrons. The van der Waals surface area contributed by atoms with Gasteiger partial charge in [-0.05, 0) is 38.5 Å². The standard InChI is InChI=1S/C21H23N3O4S2/c1-12-18(29-11-22-12)10-28-14-3-4-17-15(9-14)19(13(2)30-17)20(26)23-16-5-6-24(7-8-25)21(16)27/h3-4,9,11,16,25H,5-8,10H2,1-2H3,(H,23,26)/t16-/m0/s1. The fourth-order valence-electron chi connectivity index (χ4n) is 3.63. The lowest BCUT2D eigenvalue weighted by atomic mass is 10.1. The number of aromatic nitrogens is 1. The third-order valence-corrected chi connectivity index (χ3v) is 7.24. The maximum Gasteiger partial charge on any atom is 0.253 e. The van der Waals surface area contributed by atoms with Gasteiger partial charge in [-0.2, -0.15) is 0 Å². The van der Waals surface area contributed by atoms with Crippen molar-refractivity contribution >= 4 is 44.6 Å². The van der Waals surface area contributed by atoms with Crippen molar-refractivity contribution in [1.82, 2.24) is 15.2 Å². The summed E-state index contributed by atoms with van der Waals surface area (Å²) in [5, 5.41) is 12.8. The third kappa shape index (κ3) is 4.05. The Bertz CT molecular complexity index is 1090. The minimum absolute atomic E-state index is 0.0789. The average molecular weight is 446 g/mol. The number of ether oxygens (including phenoxy) is 1. The number of amides is 2. The topological polar surface area (TPSA) is 91.8 Å². The van der Waals surface area contributed by atoms with Crippen LogP contribution in [0.15, 0.2) is 23.7 Å². The number of likely N-dealkylation sites (tertiary alicyclic amines) is 1. The molecule has 3 heterocycles. The van der Waals surface area contributed by atoms with Crippen LogP contribution in [0.25, 0.3) is 10.1 Å². The molecule has 2 amide bonds. The van der Waals surface area contributed by atoms with E-state index in [1.54, 1.807) is 33.1 Å². The van der Waals surface area contributed by atoms with Crippen molar-refractivity contribution in [2.75, 3.05) is 19.7 Å². The summed E-state index contributed by atoms with van der Waals surface area (Å²) in [6.45, 7) is 5.06. The number of thiazole rings is 1. The second-order valence-corrected chi connectivity index (χ2v) is 9.40. The van der Waals surface area contributed by atoms with Gasteiger partial charge < -0.3 is 20.1 Å². The molecule has 1 aliphatic rings. The lowest BCUT2D eigenvalue weighted by Gasteiger charge is -2.15. The van der Waals surface area contributed by atoms with Gasteiger partial charge in [0, 0.05) is 28.1 Å². The first-order valence-corrected chi connectivity index (χ1v) is 11.4. The van der Waals surface area contributed by atoms with Crippen molar-refractivity contribution in [1.29, 1.82) is 0 Å². The van der Waals surface area contributed by atoms with Gasteiger partial charge >= 0.3 is 0 Å². The highest BCUT2D eigenvalue weighted by molar-refractivity contribution is 7.19. The fraction of sp³-hybridized carbons (Fsp3) is 0.381. The summed E-state index contributed by atoms with van der Waals surface area (Å²) in [7, 11) is 0. The van der Waals surface area contributed by atoms with Crippen molar-refractivity contribution in [3.8, 4) is 5.75 Å². The molecule has 1 fully saturated rings. The summed E-state index contributed by atoms with van der Waals surface area (Å²) < 4.78 is 6.93. The summed E-state index contributed by atoms with van der Waals surface area (Å²) in [6, 6.07) is 5.21. The molecular formula is C21H23N3O4S2. The minimum atomic E-state index is -0.549. The number of rotatable bonds is 7. The number of carbonyl (C=O) groups excluding carboxylic acids is 2. The highest BCUT2D eigenvalue weighted by Gasteiger charge is 2.33. The molecule has 0 aliphatic carbocycles. The third-order valence-electron chi connectivity index (χ3n) is 5.25. The van der Waals surface area contributed by atoms with Gasteiger partial charge in [0.15, 0.2) is 0 Å². The summed E-state index contributed by atoms with van der Waals surface area (Å²) in [5.74, 6) is 0.296. The number of nitrogens with zero attached hydrogens (tertiary/aromatic N) is 2. The summed E-state index contributed by atoms with van der Waals surface area (Å²) >= 11 is 3.11. The van der Waals surface area contributed by atoms with Crippen LogP contribution in [0.5, 0.6) is 5.75 Å². The molecule has 0 bridgehead atoms. The second kappa shape index (κ2) is 8.71. The van der Waals surface area contributed by atoms with E-state index in [0.29, 0.717) is 37.4 Å². The minimum Gasteiger partial charge on any atom is -0.488 e. The molecule has 1 saturated heterocycles. The molecule has 0 spiro atoms. The molecule has 9 heteroatoms. The number of β-amino-alcohol motifs (C(OH)–C–C–N with tert-alkyl or cyclic N) is 1. The first kappa shape index (κ1) is 20.8. The van der Waals surface area contributed by atoms with E-state index in [9.17, 15) is 9.59 Å². The Labute approximate surface area is 182 Å². The second-order valence-electron chi connectivity index (χ2n) is 7.20. The smallest absolute Gasteiger partial charge is 0.253 e. The number of carbonyl (C=O) groups is 2. The van der Waals surface area contributed by atoms with Gasteiger partial charge in [0.2, 0.25) is 5.91 Å². The Morgan fingerprint density at radius 3 is 2.97 bits per heavy atom. The zero-order chi connectivity index (χ0) is 21.3. The predicted octanol–water partition coefficient (Wildman–Crippen LogP) is 2.88. The van der Waals surface area contributed by atoms with Crippen LogP contribution in [-0.4, -0.2) is 52.5 Å². The zero-order valence-electron chi connectivity index (χ0n) is 16.8. The van der Waals surface area contributed by atoms with Gasteiger partial charge in [-0.3, -0.25) is 9.59 Å². The number of hydrogen-bond donors (Lipinski definition) is 2. The highest BCUT2D eigenvalue weighted by Crippen LogP contribution is 2.34. The van der Waals surface area contributed by atoms with E-state index in [4.69, 9.17) is 9.84 Å². The van der Waals surface area contributed by atoms with E-state index >= 15 is 0 Å². The number of fused-ring (bicyclic) bond motifs is 1. The van der Waals surface area contributed by atoms with Crippen molar-refractivity contribution < 1.29 is 19.4 Å². The van der Waals surface area contributed by atoms with Crippen molar-refractivity contribution in [2.45, 2.75) is 32.9 Å². The van der Waals surface area contributed by atoms with Crippen molar-refractivity contribution in [3.05, 3.63) is 44.7 Å². The molecule has 1 aromatic carbocycles. The lowest BCUT2D eigenvalue weighted by molar-refractivity contribution is -0.129. The average Bonchev–Trinajstić information content (AvgIpc) is 3.38. The van der Waals surface area contributed by atoms with E-state index in [-0.39, 0.29) is 18.4 Å². The summed E-state index contributed by atoms with van der Waals surface area (Å²) in [4.78, 5) is 33.2. The molecule has 3 aromatic rings. The molecule has 7 nitrogen and oxygen atoms in total. The quantitative estimate of drug-likeness (QED) is 0.584. The number of hydrogen-bond acceptors (Lipinski definition) is 7. The van der Waals surface area contributed by atoms with Crippen LogP contribution in [0.2, 0.25) is 0 Å². The molecule has 158 valence electrons. The maximum absolute atomic E-state index is 13.0. The van der Waals surface area contributed by atoms with Crippen LogP contribution in [0.3, 0.4) is 0 Å². The SMILES string of the molecule is Cc1ncsc1COc1ccc2sc(C)c(C(=O)N[C@H]3CCN(CCO)C3=O)c2c1. The van der Waals surface area contributed by atoms with Crippen LogP contribution in [-0.2, 0) is 11.4 Å². The molecular weight excluding hydrogens is 422 g/mol. The number of aliphatic hydroxyl groups excluding tert-OH is 1. The molecule has 1 aliphatic heterocycles. The van der Waals surface area contributed by atoms with Gasteiger partial charge in [0.1, 0.15) is 18.4 Å². The Morgan fingerprint density at radius 2 is 2.23 bits per heavy atom. The first-order valence-electron chi connectivity index (χ1n) is 9.73. The van der Waals surface area contributed by atoms with E-state index < -0.39 is 6.04 Å². The van der Waals surface area contributed by atoms with Gasteiger partial charge in [0.25, 0.3) is 5.91 Å². The van der Waals surface area contributed by atoms with Crippen LogP contribution < -0.4 is 10.1 Å². The van der Waals surface area contributed by atoms with Crippen LogP contribution in [0.1, 0.15) is 32.2 Å². The van der Waals surface area contributed by atoms with Gasteiger partial charge in [0.05, 0.1) is 28.3 Å². The molecule has 2 N–H and O–H groups in total. The number of nitrogens with one attached hydrogen (secondary N) is 1. The van der Waals surface area contributed by atoms with E-state index in [2.05, 4.69) is 10.3 Å². The maximum atomic E-state index is 13.0. The monoisotopic (exact) mass is 445 g/mol. The molecule has 30 heavy (non-hydrogen) atoms. The van der Waals surface area contributed by atoms with E-state index in [1.165, 1.54) is 0 Å². The Morgan fingerprint density at radius 1 is 1.40 bits per heavy atom. The zero-order valence-corrected chi connectivity index (χ0v) is 18.4. The van der Waals surface area contributed by atoms with Crippen LogP contribution >= 0.6 is 22.7 Å². The molecule has 0 saturated carbocycles. The number of aryl methyl sites for hydroxylation is 2. The largest absolute Gasteiger partial charge is 0.488 e. The number of benzene rings is 1.